The molecule has 0 heterocycles. The lowest BCUT2D eigenvalue weighted by Gasteiger charge is -1.88. The van der Waals surface area contributed by atoms with Crippen LogP contribution in [0.25, 0.3) is 0 Å². The summed E-state index contributed by atoms with van der Waals surface area (Å²) in [4.78, 5) is 4.14. The Balaban J connectivity index is 2.59. The van der Waals surface area contributed by atoms with Gasteiger partial charge in [-0.25, -0.2) is 0 Å². The van der Waals surface area contributed by atoms with E-state index in [1.807, 2.05) is 44.2 Å². The van der Waals surface area contributed by atoms with Gasteiger partial charge in [0.05, 0.1) is 6.21 Å². The van der Waals surface area contributed by atoms with E-state index in [4.69, 9.17) is 0 Å². The van der Waals surface area contributed by atoms with Gasteiger partial charge in [0.1, 0.15) is 0 Å². The summed E-state index contributed by atoms with van der Waals surface area (Å²) < 4.78 is 0. The Hall–Kier alpha value is -1.55. The summed E-state index contributed by atoms with van der Waals surface area (Å²) in [5, 5.41) is 0. The van der Waals surface area contributed by atoms with Crippen molar-refractivity contribution in [2.45, 2.75) is 19.9 Å². The van der Waals surface area contributed by atoms with Crippen LogP contribution in [0.15, 0.2) is 35.3 Å². The maximum absolute atomic E-state index is 4.14. The van der Waals surface area contributed by atoms with Crippen molar-refractivity contribution in [3.05, 3.63) is 35.9 Å². The molecule has 1 aromatic rings. The van der Waals surface area contributed by atoms with Gasteiger partial charge in [-0.05, 0) is 31.9 Å². The molecule has 0 amide bonds. The van der Waals surface area contributed by atoms with E-state index in [0.29, 0.717) is 6.04 Å². The van der Waals surface area contributed by atoms with Crippen LogP contribution in [-0.2, 0) is 0 Å². The molecule has 1 aromatic carbocycles. The summed E-state index contributed by atoms with van der Waals surface area (Å²) in [6.45, 7) is 4.06. The fourth-order valence-corrected chi connectivity index (χ4v) is 0.823. The number of hydrogen-bond donors (Lipinski definition) is 0. The van der Waals surface area contributed by atoms with Crippen LogP contribution in [-0.4, -0.2) is 12.3 Å². The minimum Gasteiger partial charge on any atom is -0.281 e. The molecule has 0 spiro atoms. The predicted molar refractivity (Wildman–Crippen MR) is 56.9 cm³/mol. The topological polar surface area (TPSA) is 12.4 Å². The fraction of sp³-hybridized carbons (Fsp3) is 0.250. The van der Waals surface area contributed by atoms with Crippen LogP contribution in [0.5, 0.6) is 0 Å². The first-order chi connectivity index (χ1) is 6.29. The summed E-state index contributed by atoms with van der Waals surface area (Å²) in [5.74, 6) is 5.89. The Kier molecular flexibility index (Phi) is 3.78. The lowest BCUT2D eigenvalue weighted by atomic mass is 10.2. The van der Waals surface area contributed by atoms with Crippen LogP contribution in [0.3, 0.4) is 0 Å². The first kappa shape index (κ1) is 9.54. The molecule has 0 fully saturated rings. The molecule has 66 valence electrons. The van der Waals surface area contributed by atoms with Crippen LogP contribution in [0.2, 0.25) is 0 Å². The summed E-state index contributed by atoms with van der Waals surface area (Å²) in [6.07, 6.45) is 1.66. The monoisotopic (exact) mass is 171 g/mol. The molecule has 0 saturated carbocycles. The van der Waals surface area contributed by atoms with Gasteiger partial charge in [-0.1, -0.05) is 24.1 Å². The second-order valence-corrected chi connectivity index (χ2v) is 3.01. The molecule has 0 aliphatic carbocycles. The van der Waals surface area contributed by atoms with Crippen molar-refractivity contribution in [3.63, 3.8) is 0 Å². The minimum absolute atomic E-state index is 0.324. The standard InChI is InChI=1S/C12H13N/c1-11(2)13-10-6-9-12-7-4-3-5-8-12/h3-5,7-8,10-11H,1-2H3. The summed E-state index contributed by atoms with van der Waals surface area (Å²) in [6, 6.07) is 10.2. The van der Waals surface area contributed by atoms with Crippen molar-refractivity contribution in [1.82, 2.24) is 0 Å². The molecule has 0 atom stereocenters. The van der Waals surface area contributed by atoms with E-state index in [-0.39, 0.29) is 0 Å². The summed E-state index contributed by atoms with van der Waals surface area (Å²) in [5.41, 5.74) is 1.03. The maximum Gasteiger partial charge on any atom is 0.0717 e. The van der Waals surface area contributed by atoms with E-state index in [9.17, 15) is 0 Å². The third kappa shape index (κ3) is 4.12. The van der Waals surface area contributed by atoms with E-state index in [2.05, 4.69) is 16.8 Å². The van der Waals surface area contributed by atoms with Gasteiger partial charge >= 0.3 is 0 Å². The molecule has 13 heavy (non-hydrogen) atoms. The van der Waals surface area contributed by atoms with Crippen LogP contribution in [0.4, 0.5) is 0 Å². The highest BCUT2D eigenvalue weighted by molar-refractivity contribution is 5.79. The summed E-state index contributed by atoms with van der Waals surface area (Å²) >= 11 is 0. The zero-order valence-electron chi connectivity index (χ0n) is 7.99. The highest BCUT2D eigenvalue weighted by atomic mass is 14.7. The van der Waals surface area contributed by atoms with Gasteiger partial charge in [0.25, 0.3) is 0 Å². The van der Waals surface area contributed by atoms with E-state index >= 15 is 0 Å². The smallest absolute Gasteiger partial charge is 0.0717 e. The lowest BCUT2D eigenvalue weighted by Crippen LogP contribution is -1.86. The average molecular weight is 171 g/mol. The Morgan fingerprint density at radius 1 is 1.23 bits per heavy atom. The van der Waals surface area contributed by atoms with Crippen LogP contribution in [0, 0.1) is 11.8 Å². The van der Waals surface area contributed by atoms with Gasteiger partial charge < -0.3 is 0 Å². The van der Waals surface area contributed by atoms with Crippen LogP contribution >= 0.6 is 0 Å². The summed E-state index contributed by atoms with van der Waals surface area (Å²) in [7, 11) is 0. The van der Waals surface area contributed by atoms with Crippen molar-refractivity contribution >= 4 is 6.21 Å². The Labute approximate surface area is 79.5 Å². The van der Waals surface area contributed by atoms with E-state index in [1.54, 1.807) is 6.21 Å². The number of hydrogen-bond acceptors (Lipinski definition) is 1. The fourth-order valence-electron chi connectivity index (χ4n) is 0.823. The average Bonchev–Trinajstić information content (AvgIpc) is 2.14. The minimum atomic E-state index is 0.324. The Morgan fingerprint density at radius 2 is 1.92 bits per heavy atom. The molecule has 0 N–H and O–H groups in total. The Morgan fingerprint density at radius 3 is 2.54 bits per heavy atom. The van der Waals surface area contributed by atoms with Crippen molar-refractivity contribution in [1.29, 1.82) is 0 Å². The Bertz CT molecular complexity index is 325. The second kappa shape index (κ2) is 5.16. The molecule has 1 nitrogen and oxygen atoms in total. The van der Waals surface area contributed by atoms with Crippen LogP contribution in [0.1, 0.15) is 19.4 Å². The van der Waals surface area contributed by atoms with Gasteiger partial charge in [0, 0.05) is 11.6 Å². The van der Waals surface area contributed by atoms with E-state index in [0.717, 1.165) is 5.56 Å². The predicted octanol–water partition coefficient (Wildman–Crippen LogP) is 2.52. The molecule has 0 saturated heterocycles. The molecule has 0 aliphatic rings. The number of aliphatic imine (C=N–C) groups is 1. The lowest BCUT2D eigenvalue weighted by molar-refractivity contribution is 0.842. The molecule has 1 heteroatoms. The van der Waals surface area contributed by atoms with E-state index < -0.39 is 0 Å². The first-order valence-corrected chi connectivity index (χ1v) is 4.37. The van der Waals surface area contributed by atoms with Crippen LogP contribution < -0.4 is 0 Å². The number of benzene rings is 1. The van der Waals surface area contributed by atoms with Crippen molar-refractivity contribution < 1.29 is 0 Å². The number of nitrogens with zero attached hydrogens (tertiary/aromatic N) is 1. The van der Waals surface area contributed by atoms with Gasteiger partial charge in [-0.3, -0.25) is 4.99 Å². The largest absolute Gasteiger partial charge is 0.281 e. The SMILES string of the molecule is CC(C)N=CC#Cc1ccccc1. The van der Waals surface area contributed by atoms with Gasteiger partial charge in [-0.2, -0.15) is 0 Å². The molecule has 0 unspecified atom stereocenters. The quantitative estimate of drug-likeness (QED) is 0.455. The first-order valence-electron chi connectivity index (χ1n) is 4.37. The van der Waals surface area contributed by atoms with Gasteiger partial charge in [-0.15, -0.1) is 0 Å². The normalized spacial score (nSPS) is 10.1. The molecule has 1 rings (SSSR count). The highest BCUT2D eigenvalue weighted by Gasteiger charge is 1.81. The van der Waals surface area contributed by atoms with Crippen molar-refractivity contribution in [3.8, 4) is 11.8 Å². The third-order valence-corrected chi connectivity index (χ3v) is 1.43. The molecule has 0 radical (unpaired) electrons. The van der Waals surface area contributed by atoms with E-state index in [1.165, 1.54) is 0 Å². The zero-order chi connectivity index (χ0) is 9.52. The third-order valence-electron chi connectivity index (χ3n) is 1.43. The van der Waals surface area contributed by atoms with Crippen molar-refractivity contribution in [2.24, 2.45) is 4.99 Å². The maximum atomic E-state index is 4.14. The molecular weight excluding hydrogens is 158 g/mol. The molecule has 0 aromatic heterocycles. The van der Waals surface area contributed by atoms with Gasteiger partial charge in [0.15, 0.2) is 0 Å². The van der Waals surface area contributed by atoms with Crippen molar-refractivity contribution in [2.75, 3.05) is 0 Å². The highest BCUT2D eigenvalue weighted by Crippen LogP contribution is 1.94. The second-order valence-electron chi connectivity index (χ2n) is 3.01. The van der Waals surface area contributed by atoms with Gasteiger partial charge in [0.2, 0.25) is 0 Å². The molecular formula is C12H13N. The molecule has 0 bridgehead atoms. The zero-order valence-corrected chi connectivity index (χ0v) is 7.99. The molecule has 0 aliphatic heterocycles. The number of rotatable bonds is 1.